The first-order chi connectivity index (χ1) is 15.9. The first-order valence-electron chi connectivity index (χ1n) is 11.6. The zero-order chi connectivity index (χ0) is 23.1. The number of carbonyl (C=O) groups excluding carboxylic acids is 3. The number of likely N-dealkylation sites (tertiary alicyclic amines) is 2. The number of hydrogen-bond donors (Lipinski definition) is 0. The molecule has 3 aliphatic rings. The lowest BCUT2D eigenvalue weighted by Gasteiger charge is -2.22. The van der Waals surface area contributed by atoms with Crippen LogP contribution in [0.1, 0.15) is 38.3 Å². The fourth-order valence-electron chi connectivity index (χ4n) is 5.05. The van der Waals surface area contributed by atoms with E-state index < -0.39 is 17.9 Å². The Balaban J connectivity index is 1.22. The van der Waals surface area contributed by atoms with Crippen LogP contribution in [0.5, 0.6) is 0 Å². The third-order valence-corrected chi connectivity index (χ3v) is 6.77. The van der Waals surface area contributed by atoms with Crippen LogP contribution >= 0.6 is 0 Å². The Labute approximate surface area is 192 Å². The fraction of sp³-hybridized carbons (Fsp3) is 0.500. The van der Waals surface area contributed by atoms with Gasteiger partial charge in [-0.25, -0.2) is 4.79 Å². The molecule has 3 saturated heterocycles. The van der Waals surface area contributed by atoms with E-state index in [1.807, 2.05) is 22.9 Å². The summed E-state index contributed by atoms with van der Waals surface area (Å²) in [4.78, 5) is 45.1. The number of carbonyl (C=O) groups is 3. The van der Waals surface area contributed by atoms with Gasteiger partial charge in [-0.1, -0.05) is 30.3 Å². The topological polar surface area (TPSA) is 88.0 Å². The van der Waals surface area contributed by atoms with Crippen LogP contribution < -0.4 is 0 Å². The summed E-state index contributed by atoms with van der Waals surface area (Å²) in [6, 6.07) is 10.5. The fourth-order valence-corrected chi connectivity index (χ4v) is 5.05. The molecule has 0 saturated carbocycles. The van der Waals surface area contributed by atoms with E-state index in [2.05, 4.69) is 37.1 Å². The molecule has 5 rings (SSSR count). The zero-order valence-electron chi connectivity index (χ0n) is 19.0. The highest BCUT2D eigenvalue weighted by molar-refractivity contribution is 6.01. The van der Waals surface area contributed by atoms with Gasteiger partial charge in [0.05, 0.1) is 5.69 Å². The summed E-state index contributed by atoms with van der Waals surface area (Å²) < 4.78 is 2.02. The Hall–Kier alpha value is -3.20. The highest BCUT2D eigenvalue weighted by Gasteiger charge is 2.43. The lowest BCUT2D eigenvalue weighted by molar-refractivity contribution is -0.173. The Morgan fingerprint density at radius 3 is 2.27 bits per heavy atom. The average Bonchev–Trinajstić information content (AvgIpc) is 3.54. The number of benzene rings is 1. The van der Waals surface area contributed by atoms with Crippen LogP contribution in [0.15, 0.2) is 36.5 Å². The predicted molar refractivity (Wildman–Crippen MR) is 119 cm³/mol. The molecular formula is C24H29N5O4. The van der Waals surface area contributed by atoms with Crippen LogP contribution in [-0.2, 0) is 21.0 Å². The quantitative estimate of drug-likeness (QED) is 0.650. The van der Waals surface area contributed by atoms with Gasteiger partial charge in [-0.3, -0.25) is 19.2 Å². The molecule has 3 aliphatic heterocycles. The van der Waals surface area contributed by atoms with Gasteiger partial charge in [0.15, 0.2) is 0 Å². The molecule has 2 aromatic rings. The molecule has 33 heavy (non-hydrogen) atoms. The summed E-state index contributed by atoms with van der Waals surface area (Å²) in [5.41, 5.74) is 3.34. The van der Waals surface area contributed by atoms with E-state index in [0.29, 0.717) is 30.0 Å². The third kappa shape index (κ3) is 4.25. The first kappa shape index (κ1) is 21.6. The van der Waals surface area contributed by atoms with Gasteiger partial charge in [0, 0.05) is 68.9 Å². The van der Waals surface area contributed by atoms with E-state index >= 15 is 0 Å². The van der Waals surface area contributed by atoms with Gasteiger partial charge in [-0.15, -0.1) is 5.06 Å². The van der Waals surface area contributed by atoms with Crippen LogP contribution in [0, 0.1) is 11.8 Å². The second-order valence-corrected chi connectivity index (χ2v) is 9.50. The van der Waals surface area contributed by atoms with Crippen LogP contribution in [0.2, 0.25) is 0 Å². The van der Waals surface area contributed by atoms with E-state index in [9.17, 15) is 14.4 Å². The number of rotatable bonds is 5. The van der Waals surface area contributed by atoms with Gasteiger partial charge in [-0.2, -0.15) is 5.10 Å². The van der Waals surface area contributed by atoms with Crippen molar-refractivity contribution in [3.8, 4) is 11.3 Å². The largest absolute Gasteiger partial charge is 0.434 e. The molecule has 0 aliphatic carbocycles. The van der Waals surface area contributed by atoms with E-state index in [4.69, 9.17) is 9.94 Å². The lowest BCUT2D eigenvalue weighted by atomic mass is 10.0. The van der Waals surface area contributed by atoms with E-state index in [-0.39, 0.29) is 18.9 Å². The number of aromatic nitrogens is 2. The van der Waals surface area contributed by atoms with Gasteiger partial charge in [-0.05, 0) is 25.7 Å². The van der Waals surface area contributed by atoms with Crippen LogP contribution in [0.25, 0.3) is 11.3 Å². The molecule has 3 amide bonds. The normalized spacial score (nSPS) is 23.1. The number of imide groups is 1. The average molecular weight is 452 g/mol. The Bertz CT molecular complexity index is 1040. The minimum Gasteiger partial charge on any atom is -0.311 e. The Morgan fingerprint density at radius 1 is 1.03 bits per heavy atom. The number of hydroxylamine groups is 2. The van der Waals surface area contributed by atoms with Crippen molar-refractivity contribution in [1.82, 2.24) is 24.6 Å². The maximum atomic E-state index is 12.5. The minimum atomic E-state index is -0.607. The Morgan fingerprint density at radius 2 is 1.67 bits per heavy atom. The maximum absolute atomic E-state index is 12.5. The SMILES string of the molecule is CC(C)n1cc(CN2CC3CN(C(=O)ON4C(=O)CCC4=O)CC3C2)c(-c2ccccc2)n1. The van der Waals surface area contributed by atoms with Crippen molar-refractivity contribution in [2.24, 2.45) is 11.8 Å². The van der Waals surface area contributed by atoms with Crippen LogP contribution in [-0.4, -0.2) is 68.7 Å². The highest BCUT2D eigenvalue weighted by Crippen LogP contribution is 2.34. The monoisotopic (exact) mass is 451 g/mol. The van der Waals surface area contributed by atoms with Gasteiger partial charge < -0.3 is 9.74 Å². The van der Waals surface area contributed by atoms with Crippen molar-refractivity contribution in [3.05, 3.63) is 42.1 Å². The van der Waals surface area contributed by atoms with Crippen molar-refractivity contribution >= 4 is 17.9 Å². The van der Waals surface area contributed by atoms with Crippen molar-refractivity contribution in [1.29, 1.82) is 0 Å². The summed E-state index contributed by atoms with van der Waals surface area (Å²) >= 11 is 0. The van der Waals surface area contributed by atoms with Gasteiger partial charge >= 0.3 is 6.09 Å². The van der Waals surface area contributed by atoms with E-state index in [0.717, 1.165) is 30.9 Å². The summed E-state index contributed by atoms with van der Waals surface area (Å²) in [5, 5.41) is 5.48. The molecule has 1 aromatic carbocycles. The van der Waals surface area contributed by atoms with Crippen molar-refractivity contribution in [2.45, 2.75) is 39.3 Å². The molecule has 4 heterocycles. The van der Waals surface area contributed by atoms with Crippen LogP contribution in [0.3, 0.4) is 0 Å². The maximum Gasteiger partial charge on any atom is 0.434 e. The summed E-state index contributed by atoms with van der Waals surface area (Å²) in [6.07, 6.45) is 1.74. The van der Waals surface area contributed by atoms with Gasteiger partial charge in [0.1, 0.15) is 0 Å². The molecule has 2 unspecified atom stereocenters. The van der Waals surface area contributed by atoms with Crippen molar-refractivity contribution < 1.29 is 19.2 Å². The number of fused-ring (bicyclic) bond motifs is 1. The minimum absolute atomic E-state index is 0.102. The molecular weight excluding hydrogens is 422 g/mol. The second-order valence-electron chi connectivity index (χ2n) is 9.50. The van der Waals surface area contributed by atoms with E-state index in [1.165, 1.54) is 5.56 Å². The molecule has 2 atom stereocenters. The summed E-state index contributed by atoms with van der Waals surface area (Å²) in [6.45, 7) is 7.99. The molecule has 174 valence electrons. The first-order valence-corrected chi connectivity index (χ1v) is 11.6. The van der Waals surface area contributed by atoms with Crippen molar-refractivity contribution in [3.63, 3.8) is 0 Å². The molecule has 9 nitrogen and oxygen atoms in total. The van der Waals surface area contributed by atoms with Gasteiger partial charge in [0.2, 0.25) is 0 Å². The number of hydrogen-bond acceptors (Lipinski definition) is 6. The number of amides is 3. The summed E-state index contributed by atoms with van der Waals surface area (Å²) in [5.74, 6) is -0.198. The third-order valence-electron chi connectivity index (χ3n) is 6.77. The molecule has 0 spiro atoms. The highest BCUT2D eigenvalue weighted by atomic mass is 16.7. The molecule has 0 bridgehead atoms. The Kier molecular flexibility index (Phi) is 5.65. The predicted octanol–water partition coefficient (Wildman–Crippen LogP) is 2.70. The van der Waals surface area contributed by atoms with Gasteiger partial charge in [0.25, 0.3) is 11.8 Å². The smallest absolute Gasteiger partial charge is 0.311 e. The standard InChI is InChI=1S/C24H29N5O4/c1-16(2)28-15-20(23(25-28)17-6-4-3-5-7-17)12-26-10-18-13-27(14-19(18)11-26)24(32)33-29-21(30)8-9-22(29)31/h3-7,15-16,18-19H,8-14H2,1-2H3. The zero-order valence-corrected chi connectivity index (χ0v) is 19.0. The molecule has 3 fully saturated rings. The van der Waals surface area contributed by atoms with Crippen LogP contribution in [0.4, 0.5) is 4.79 Å². The lowest BCUT2D eigenvalue weighted by Crippen LogP contribution is -2.40. The van der Waals surface area contributed by atoms with E-state index in [1.54, 1.807) is 4.90 Å². The molecule has 0 N–H and O–H groups in total. The second kappa shape index (κ2) is 8.62. The van der Waals surface area contributed by atoms with Crippen molar-refractivity contribution in [2.75, 3.05) is 26.2 Å². The molecule has 0 radical (unpaired) electrons. The molecule has 9 heteroatoms. The molecule has 1 aromatic heterocycles. The summed E-state index contributed by atoms with van der Waals surface area (Å²) in [7, 11) is 0. The number of nitrogens with zero attached hydrogens (tertiary/aromatic N) is 5.